The molecule has 1 fully saturated rings. The molecule has 2 aromatic carbocycles. The number of rotatable bonds is 8. The lowest BCUT2D eigenvalue weighted by Gasteiger charge is -2.15. The zero-order valence-corrected chi connectivity index (χ0v) is 20.4. The summed E-state index contributed by atoms with van der Waals surface area (Å²) in [6.45, 7) is 4.36. The number of aromatic nitrogens is 2. The summed E-state index contributed by atoms with van der Waals surface area (Å²) in [5.41, 5.74) is 3.40. The van der Waals surface area contributed by atoms with Crippen LogP contribution in [0.2, 0.25) is 5.02 Å². The molecule has 1 amide bonds. The lowest BCUT2D eigenvalue weighted by atomic mass is 10.2. The van der Waals surface area contributed by atoms with E-state index in [4.69, 9.17) is 11.6 Å². The summed E-state index contributed by atoms with van der Waals surface area (Å²) in [6, 6.07) is 15.5. The predicted octanol–water partition coefficient (Wildman–Crippen LogP) is 5.30. The molecule has 5 rings (SSSR count). The summed E-state index contributed by atoms with van der Waals surface area (Å²) in [6.07, 6.45) is 5.05. The number of fused-ring (bicyclic) bond motifs is 1. The van der Waals surface area contributed by atoms with Crippen LogP contribution < -0.4 is 5.32 Å². The topological polar surface area (TPSA) is 70.4 Å². The molecule has 1 aliphatic heterocycles. The highest BCUT2D eigenvalue weighted by atomic mass is 35.5. The zero-order chi connectivity index (χ0) is 23.5. The lowest BCUT2D eigenvalue weighted by Crippen LogP contribution is -2.23. The Morgan fingerprint density at radius 3 is 2.65 bits per heavy atom. The quantitative estimate of drug-likeness (QED) is 0.348. The van der Waals surface area contributed by atoms with Crippen molar-refractivity contribution < 1.29 is 9.90 Å². The number of nitrogens with one attached hydrogen (secondary N) is 1. The first-order valence-corrected chi connectivity index (χ1v) is 12.8. The number of aliphatic hydroxyl groups is 1. The number of amides is 1. The number of halogens is 1. The van der Waals surface area contributed by atoms with E-state index >= 15 is 0 Å². The second kappa shape index (κ2) is 10.3. The van der Waals surface area contributed by atoms with Crippen molar-refractivity contribution >= 4 is 45.4 Å². The van der Waals surface area contributed by atoms with Crippen LogP contribution in [-0.4, -0.2) is 51.7 Å². The molecule has 1 saturated heterocycles. The largest absolute Gasteiger partial charge is 0.396 e. The van der Waals surface area contributed by atoms with E-state index in [0.29, 0.717) is 22.0 Å². The van der Waals surface area contributed by atoms with Crippen LogP contribution in [0.25, 0.3) is 21.5 Å². The van der Waals surface area contributed by atoms with Crippen LogP contribution in [0.3, 0.4) is 0 Å². The van der Waals surface area contributed by atoms with Crippen molar-refractivity contribution in [1.82, 2.24) is 14.5 Å². The predicted molar refractivity (Wildman–Crippen MR) is 139 cm³/mol. The van der Waals surface area contributed by atoms with Crippen molar-refractivity contribution in [1.29, 1.82) is 0 Å². The fourth-order valence-electron chi connectivity index (χ4n) is 4.44. The lowest BCUT2D eigenvalue weighted by molar-refractivity contribution is 0.102. The van der Waals surface area contributed by atoms with Crippen LogP contribution in [0.1, 0.15) is 28.2 Å². The molecule has 0 unspecified atom stereocenters. The van der Waals surface area contributed by atoms with E-state index in [1.165, 1.54) is 42.8 Å². The van der Waals surface area contributed by atoms with Crippen LogP contribution in [0, 0.1) is 0 Å². The first kappa shape index (κ1) is 23.1. The molecule has 0 atom stereocenters. The minimum absolute atomic E-state index is 0.0685. The van der Waals surface area contributed by atoms with Crippen molar-refractivity contribution in [2.75, 3.05) is 31.6 Å². The van der Waals surface area contributed by atoms with Gasteiger partial charge < -0.3 is 19.9 Å². The van der Waals surface area contributed by atoms with Gasteiger partial charge in [0.25, 0.3) is 5.91 Å². The molecule has 0 radical (unpaired) electrons. The number of aliphatic hydroxyl groups excluding tert-OH is 1. The number of thiazole rings is 1. The number of carbonyl (C=O) groups excluding carboxylic acids is 1. The molecule has 0 saturated carbocycles. The van der Waals surface area contributed by atoms with Gasteiger partial charge in [-0.05, 0) is 62.3 Å². The van der Waals surface area contributed by atoms with Crippen molar-refractivity contribution in [2.24, 2.45) is 0 Å². The van der Waals surface area contributed by atoms with E-state index < -0.39 is 0 Å². The molecule has 2 N–H and O–H groups in total. The molecular weight excluding hydrogens is 468 g/mol. The Kier molecular flexibility index (Phi) is 6.97. The molecular formula is C26H27ClN4O2S. The van der Waals surface area contributed by atoms with Crippen molar-refractivity contribution in [2.45, 2.75) is 25.8 Å². The monoisotopic (exact) mass is 494 g/mol. The summed E-state index contributed by atoms with van der Waals surface area (Å²) < 4.78 is 2.28. The maximum atomic E-state index is 13.1. The number of nitrogens with zero attached hydrogens (tertiary/aromatic N) is 3. The number of carbonyl (C=O) groups is 1. The average molecular weight is 495 g/mol. The molecule has 8 heteroatoms. The van der Waals surface area contributed by atoms with Gasteiger partial charge >= 0.3 is 0 Å². The fraction of sp³-hybridized carbons (Fsp3) is 0.308. The van der Waals surface area contributed by atoms with Gasteiger partial charge in [-0.1, -0.05) is 23.7 Å². The zero-order valence-electron chi connectivity index (χ0n) is 18.8. The van der Waals surface area contributed by atoms with Gasteiger partial charge in [0.1, 0.15) is 9.88 Å². The van der Waals surface area contributed by atoms with E-state index in [0.717, 1.165) is 34.7 Å². The molecule has 2 aromatic heterocycles. The molecule has 3 heterocycles. The average Bonchev–Trinajstić information content (AvgIpc) is 3.58. The minimum Gasteiger partial charge on any atom is -0.396 e. The van der Waals surface area contributed by atoms with Gasteiger partial charge in [-0.2, -0.15) is 0 Å². The van der Waals surface area contributed by atoms with Gasteiger partial charge in [0.15, 0.2) is 0 Å². The number of hydrogen-bond acceptors (Lipinski definition) is 5. The highest BCUT2D eigenvalue weighted by Crippen LogP contribution is 2.30. The van der Waals surface area contributed by atoms with E-state index in [1.807, 2.05) is 24.3 Å². The van der Waals surface area contributed by atoms with Crippen molar-refractivity contribution in [3.8, 4) is 10.6 Å². The van der Waals surface area contributed by atoms with E-state index in [-0.39, 0.29) is 12.5 Å². The first-order valence-electron chi connectivity index (χ1n) is 11.6. The minimum atomic E-state index is -0.214. The highest BCUT2D eigenvalue weighted by molar-refractivity contribution is 7.17. The van der Waals surface area contributed by atoms with Crippen LogP contribution >= 0.6 is 22.9 Å². The molecule has 6 nitrogen and oxygen atoms in total. The van der Waals surface area contributed by atoms with Gasteiger partial charge in [-0.3, -0.25) is 4.79 Å². The van der Waals surface area contributed by atoms with Gasteiger partial charge in [0.2, 0.25) is 0 Å². The van der Waals surface area contributed by atoms with Crippen molar-refractivity contribution in [3.63, 3.8) is 0 Å². The number of likely N-dealkylation sites (tertiary alicyclic amines) is 1. The van der Waals surface area contributed by atoms with Gasteiger partial charge in [0.05, 0.1) is 5.69 Å². The molecule has 0 bridgehead atoms. The summed E-state index contributed by atoms with van der Waals surface area (Å²) in [7, 11) is 0. The molecule has 4 aromatic rings. The van der Waals surface area contributed by atoms with Crippen molar-refractivity contribution in [3.05, 3.63) is 70.3 Å². The fourth-order valence-corrected chi connectivity index (χ4v) is 5.57. The summed E-state index contributed by atoms with van der Waals surface area (Å²) >= 11 is 7.32. The number of hydrogen-bond donors (Lipinski definition) is 2. The van der Waals surface area contributed by atoms with E-state index in [2.05, 4.69) is 38.1 Å². The van der Waals surface area contributed by atoms with Gasteiger partial charge in [-0.15, -0.1) is 11.3 Å². The molecule has 0 spiro atoms. The van der Waals surface area contributed by atoms with E-state index in [1.54, 1.807) is 12.1 Å². The van der Waals surface area contributed by atoms with Crippen LogP contribution in [0.15, 0.2) is 54.7 Å². The molecule has 34 heavy (non-hydrogen) atoms. The Balaban J connectivity index is 1.33. The second-order valence-electron chi connectivity index (χ2n) is 8.56. The third-order valence-electron chi connectivity index (χ3n) is 6.23. The molecule has 0 aliphatic carbocycles. The SMILES string of the molecule is O=C(Nc1ccc2c(ccn2CCN2CCCC2)c1)c1sc(-c2ccc(Cl)cc2)nc1CCO. The Labute approximate surface area is 207 Å². The summed E-state index contributed by atoms with van der Waals surface area (Å²) in [5, 5.41) is 15.0. The summed E-state index contributed by atoms with van der Waals surface area (Å²) in [4.78, 5) is 20.8. The maximum Gasteiger partial charge on any atom is 0.267 e. The number of anilines is 1. The highest BCUT2D eigenvalue weighted by Gasteiger charge is 2.19. The van der Waals surface area contributed by atoms with Gasteiger partial charge in [-0.25, -0.2) is 4.98 Å². The Bertz CT molecular complexity index is 1290. The Hall–Kier alpha value is -2.71. The Morgan fingerprint density at radius 1 is 1.09 bits per heavy atom. The third-order valence-corrected chi connectivity index (χ3v) is 7.63. The Morgan fingerprint density at radius 2 is 1.88 bits per heavy atom. The van der Waals surface area contributed by atoms with Crippen LogP contribution in [0.4, 0.5) is 5.69 Å². The smallest absolute Gasteiger partial charge is 0.267 e. The molecule has 176 valence electrons. The molecule has 1 aliphatic rings. The normalized spacial score (nSPS) is 14.2. The number of benzene rings is 2. The van der Waals surface area contributed by atoms with Gasteiger partial charge in [0, 0.05) is 59.5 Å². The maximum absolute atomic E-state index is 13.1. The summed E-state index contributed by atoms with van der Waals surface area (Å²) in [5.74, 6) is -0.214. The standard InChI is InChI=1S/C26H27ClN4O2S/c27-20-5-3-18(4-6-20)26-29-22(10-16-32)24(34-26)25(33)28-21-7-8-23-19(17-21)9-13-31(23)15-14-30-11-1-2-12-30/h3-9,13,17,32H,1-2,10-12,14-16H2,(H,28,33). The second-order valence-corrected chi connectivity index (χ2v) is 10.00. The van der Waals surface area contributed by atoms with Crippen LogP contribution in [0.5, 0.6) is 0 Å². The third kappa shape index (κ3) is 5.03. The van der Waals surface area contributed by atoms with E-state index in [9.17, 15) is 9.90 Å². The van der Waals surface area contributed by atoms with Crippen LogP contribution in [-0.2, 0) is 13.0 Å². The first-order chi connectivity index (χ1) is 16.6.